The van der Waals surface area contributed by atoms with E-state index in [9.17, 15) is 30.3 Å². The highest BCUT2D eigenvalue weighted by molar-refractivity contribution is 5.91. The van der Waals surface area contributed by atoms with Crippen LogP contribution in [0.5, 0.6) is 5.75 Å². The molecule has 4 heterocycles. The smallest absolute Gasteiger partial charge is 0.335 e. The number of carbonyl (C=O) groups is 1. The van der Waals surface area contributed by atoms with Crippen molar-refractivity contribution in [3.05, 3.63) is 53.9 Å². The van der Waals surface area contributed by atoms with Crippen molar-refractivity contribution in [2.45, 2.75) is 49.6 Å². The first kappa shape index (κ1) is 26.7. The van der Waals surface area contributed by atoms with Gasteiger partial charge in [-0.1, -0.05) is 12.1 Å². The summed E-state index contributed by atoms with van der Waals surface area (Å²) in [6, 6.07) is 5.34. The second-order valence-corrected chi connectivity index (χ2v) is 10.0. The minimum atomic E-state index is -1.54. The number of rotatable bonds is 7. The maximum atomic E-state index is 12.6. The van der Waals surface area contributed by atoms with E-state index in [1.165, 1.54) is 7.11 Å². The maximum absolute atomic E-state index is 12.6. The molecule has 0 aliphatic carbocycles. The summed E-state index contributed by atoms with van der Waals surface area (Å²) in [5, 5.41) is 51.1. The lowest BCUT2D eigenvalue weighted by molar-refractivity contribution is -0.277. The van der Waals surface area contributed by atoms with E-state index in [0.29, 0.717) is 30.7 Å². The van der Waals surface area contributed by atoms with Crippen LogP contribution < -0.4 is 4.74 Å². The number of aromatic amines is 1. The van der Waals surface area contributed by atoms with E-state index < -0.39 is 43.3 Å². The van der Waals surface area contributed by atoms with Gasteiger partial charge in [0.25, 0.3) is 0 Å². The number of aliphatic hydroxyl groups excluding tert-OH is 5. The number of ether oxygens (including phenoxy) is 3. The Bertz CT molecular complexity index is 1220. The van der Waals surface area contributed by atoms with Gasteiger partial charge in [-0.2, -0.15) is 0 Å². The van der Waals surface area contributed by atoms with Crippen LogP contribution in [0.3, 0.4) is 0 Å². The molecule has 1 aromatic carbocycles. The molecule has 11 heteroatoms. The van der Waals surface area contributed by atoms with E-state index in [2.05, 4.69) is 16.5 Å². The van der Waals surface area contributed by atoms with E-state index in [1.807, 2.05) is 12.3 Å². The SMILES string of the molecule is C=CC(CO)[C@@H]1C[C@H]2c3[nH]c4cccc(O[C@@H]5O[C@H](CO)[C@@H](O)[C@H](O)[C@H]5O)c4c3CCN2C=C1C(=O)OC. The summed E-state index contributed by atoms with van der Waals surface area (Å²) in [5.41, 5.74) is 3.30. The van der Waals surface area contributed by atoms with Gasteiger partial charge in [0.15, 0.2) is 0 Å². The molecule has 1 saturated heterocycles. The number of hydrogen-bond donors (Lipinski definition) is 6. The van der Waals surface area contributed by atoms with Crippen LogP contribution in [-0.4, -0.2) is 99.0 Å². The van der Waals surface area contributed by atoms with Crippen LogP contribution in [0.1, 0.15) is 23.7 Å². The Morgan fingerprint density at radius 1 is 1.26 bits per heavy atom. The minimum absolute atomic E-state index is 0.0985. The van der Waals surface area contributed by atoms with Gasteiger partial charge in [0.05, 0.1) is 25.3 Å². The van der Waals surface area contributed by atoms with Crippen LogP contribution in [0.15, 0.2) is 42.6 Å². The van der Waals surface area contributed by atoms with Crippen molar-refractivity contribution in [3.8, 4) is 5.75 Å². The van der Waals surface area contributed by atoms with Crippen molar-refractivity contribution in [2.75, 3.05) is 26.9 Å². The molecule has 1 aromatic heterocycles. The second-order valence-electron chi connectivity index (χ2n) is 10.0. The Hall–Kier alpha value is -2.93. The molecule has 206 valence electrons. The molecule has 5 rings (SSSR count). The highest BCUT2D eigenvalue weighted by Crippen LogP contribution is 2.46. The maximum Gasteiger partial charge on any atom is 0.335 e. The summed E-state index contributed by atoms with van der Waals surface area (Å²) < 4.78 is 16.6. The van der Waals surface area contributed by atoms with E-state index in [-0.39, 0.29) is 24.5 Å². The lowest BCUT2D eigenvalue weighted by Crippen LogP contribution is -2.60. The van der Waals surface area contributed by atoms with Gasteiger partial charge in [0, 0.05) is 47.8 Å². The van der Waals surface area contributed by atoms with Crippen LogP contribution in [0.4, 0.5) is 0 Å². The number of methoxy groups -OCH3 is 1. The van der Waals surface area contributed by atoms with Gasteiger partial charge in [-0.05, 0) is 30.5 Å². The van der Waals surface area contributed by atoms with Crippen LogP contribution in [0, 0.1) is 11.8 Å². The average molecular weight is 531 g/mol. The van der Waals surface area contributed by atoms with Gasteiger partial charge >= 0.3 is 5.97 Å². The van der Waals surface area contributed by atoms with Crippen molar-refractivity contribution in [1.29, 1.82) is 0 Å². The summed E-state index contributed by atoms with van der Waals surface area (Å²) in [5.74, 6) is -0.600. The molecule has 0 radical (unpaired) electrons. The van der Waals surface area contributed by atoms with Crippen LogP contribution in [0.2, 0.25) is 0 Å². The molecule has 1 fully saturated rings. The molecule has 6 N–H and O–H groups in total. The first-order valence-electron chi connectivity index (χ1n) is 12.7. The zero-order valence-electron chi connectivity index (χ0n) is 21.1. The summed E-state index contributed by atoms with van der Waals surface area (Å²) in [4.78, 5) is 18.2. The van der Waals surface area contributed by atoms with Crippen molar-refractivity contribution < 1.29 is 44.5 Å². The van der Waals surface area contributed by atoms with E-state index in [1.54, 1.807) is 18.2 Å². The van der Waals surface area contributed by atoms with Gasteiger partial charge in [-0.15, -0.1) is 6.58 Å². The Morgan fingerprint density at radius 2 is 2.05 bits per heavy atom. The van der Waals surface area contributed by atoms with Crippen LogP contribution in [0.25, 0.3) is 10.9 Å². The van der Waals surface area contributed by atoms with Crippen molar-refractivity contribution >= 4 is 16.9 Å². The van der Waals surface area contributed by atoms with Crippen molar-refractivity contribution in [1.82, 2.24) is 9.88 Å². The van der Waals surface area contributed by atoms with Gasteiger partial charge in [0.1, 0.15) is 30.2 Å². The molecule has 2 aromatic rings. The normalized spacial score (nSPS) is 31.7. The van der Waals surface area contributed by atoms with E-state index in [0.717, 1.165) is 22.2 Å². The number of benzene rings is 1. The van der Waals surface area contributed by atoms with Crippen LogP contribution in [-0.2, 0) is 20.7 Å². The number of nitrogens with one attached hydrogen (secondary N) is 1. The average Bonchev–Trinajstić information content (AvgIpc) is 3.33. The Balaban J connectivity index is 1.51. The zero-order valence-corrected chi connectivity index (χ0v) is 21.1. The molecular weight excluding hydrogens is 496 g/mol. The predicted octanol–water partition coefficient (Wildman–Crippen LogP) is 0.117. The summed E-state index contributed by atoms with van der Waals surface area (Å²) >= 11 is 0. The molecule has 11 nitrogen and oxygen atoms in total. The highest BCUT2D eigenvalue weighted by atomic mass is 16.7. The van der Waals surface area contributed by atoms with Crippen molar-refractivity contribution in [3.63, 3.8) is 0 Å². The number of aromatic nitrogens is 1. The second kappa shape index (κ2) is 10.7. The fourth-order valence-electron chi connectivity index (χ4n) is 5.94. The molecule has 0 saturated carbocycles. The van der Waals surface area contributed by atoms with Gasteiger partial charge in [0.2, 0.25) is 6.29 Å². The van der Waals surface area contributed by atoms with E-state index in [4.69, 9.17) is 14.2 Å². The monoisotopic (exact) mass is 530 g/mol. The number of fused-ring (bicyclic) bond motifs is 5. The number of hydrogen-bond acceptors (Lipinski definition) is 10. The Labute approximate surface area is 219 Å². The number of nitrogens with zero attached hydrogens (tertiary/aromatic N) is 1. The highest BCUT2D eigenvalue weighted by Gasteiger charge is 2.45. The molecule has 0 spiro atoms. The van der Waals surface area contributed by atoms with Gasteiger partial charge in [-0.25, -0.2) is 4.79 Å². The third-order valence-corrected chi connectivity index (χ3v) is 8.00. The van der Waals surface area contributed by atoms with Gasteiger partial charge in [-0.3, -0.25) is 0 Å². The fraction of sp³-hybridized carbons (Fsp3) is 0.519. The third-order valence-electron chi connectivity index (χ3n) is 8.00. The summed E-state index contributed by atoms with van der Waals surface area (Å²) in [6.07, 6.45) is -2.23. The lowest BCUT2D eigenvalue weighted by Gasteiger charge is -2.43. The molecular formula is C27H34N2O9. The van der Waals surface area contributed by atoms with E-state index >= 15 is 0 Å². The minimum Gasteiger partial charge on any atom is -0.466 e. The lowest BCUT2D eigenvalue weighted by atomic mass is 9.77. The number of aliphatic hydroxyl groups is 5. The Kier molecular flexibility index (Phi) is 7.49. The summed E-state index contributed by atoms with van der Waals surface area (Å²) in [7, 11) is 1.34. The zero-order chi connectivity index (χ0) is 27.1. The summed E-state index contributed by atoms with van der Waals surface area (Å²) in [6.45, 7) is 3.78. The first-order valence-corrected chi connectivity index (χ1v) is 12.7. The molecule has 1 unspecified atom stereocenters. The molecule has 0 bridgehead atoms. The quantitative estimate of drug-likeness (QED) is 0.214. The standard InChI is InChI=1S/C27H34N2O9/c1-3-13(11-30)15-9-18-22-14(7-8-29(18)10-16(15)26(35)36-2)21-17(28-22)5-4-6-19(21)37-27-25(34)24(33)23(32)20(12-31)38-27/h3-6,10,13,15,18,20,23-25,27-28,30-34H,1,7-9,11-12H2,2H3/t13?,15-,18-,20+,23+,24-,25+,27+/m0/s1. The topological polar surface area (TPSA) is 165 Å². The fourth-order valence-corrected chi connectivity index (χ4v) is 5.94. The number of carbonyl (C=O) groups excluding carboxylic acids is 1. The molecule has 0 amide bonds. The first-order chi connectivity index (χ1) is 18.3. The number of H-pyrrole nitrogens is 1. The largest absolute Gasteiger partial charge is 0.466 e. The predicted molar refractivity (Wildman–Crippen MR) is 135 cm³/mol. The Morgan fingerprint density at radius 3 is 2.74 bits per heavy atom. The van der Waals surface area contributed by atoms with Crippen molar-refractivity contribution in [2.24, 2.45) is 11.8 Å². The van der Waals surface area contributed by atoms with Gasteiger partial charge < -0.3 is 49.6 Å². The molecule has 8 atom stereocenters. The molecule has 3 aliphatic rings. The number of esters is 1. The molecule has 3 aliphatic heterocycles. The van der Waals surface area contributed by atoms with Crippen LogP contribution >= 0.6 is 0 Å². The molecule has 38 heavy (non-hydrogen) atoms. The third kappa shape index (κ3) is 4.39.